The van der Waals surface area contributed by atoms with Crippen molar-refractivity contribution in [3.8, 4) is 11.5 Å². The summed E-state index contributed by atoms with van der Waals surface area (Å²) in [5.41, 5.74) is 2.96. The van der Waals surface area contributed by atoms with E-state index in [9.17, 15) is 14.7 Å². The number of carbonyl (C=O) groups excluding carboxylic acids is 2. The van der Waals surface area contributed by atoms with Crippen LogP contribution in [0.15, 0.2) is 76.8 Å². The second kappa shape index (κ2) is 11.1. The van der Waals surface area contributed by atoms with Crippen LogP contribution in [-0.4, -0.2) is 49.5 Å². The van der Waals surface area contributed by atoms with Crippen LogP contribution >= 0.6 is 15.9 Å². The van der Waals surface area contributed by atoms with Crippen molar-refractivity contribution in [1.29, 1.82) is 0 Å². The summed E-state index contributed by atoms with van der Waals surface area (Å²) in [5, 5.41) is 11.4. The molecule has 0 saturated carbocycles. The molecule has 1 atom stereocenters. The monoisotopic (exact) mass is 564 g/mol. The summed E-state index contributed by atoms with van der Waals surface area (Å²) >= 11 is 3.43. The lowest BCUT2D eigenvalue weighted by Crippen LogP contribution is -2.29. The summed E-state index contributed by atoms with van der Waals surface area (Å²) in [5.74, 6) is -0.368. The Hall–Kier alpha value is -3.78. The van der Waals surface area contributed by atoms with Gasteiger partial charge >= 0.3 is 0 Å². The van der Waals surface area contributed by atoms with E-state index in [1.165, 1.54) is 4.90 Å². The molecule has 37 heavy (non-hydrogen) atoms. The normalized spacial score (nSPS) is 16.7. The van der Waals surface area contributed by atoms with Crippen LogP contribution in [0.2, 0.25) is 0 Å². The second-order valence-corrected chi connectivity index (χ2v) is 9.70. The maximum Gasteiger partial charge on any atom is 0.295 e. The molecule has 1 heterocycles. The minimum Gasteiger partial charge on any atom is -0.507 e. The number of ether oxygens (including phenoxy) is 2. The van der Waals surface area contributed by atoms with E-state index in [1.807, 2.05) is 74.4 Å². The van der Waals surface area contributed by atoms with E-state index < -0.39 is 17.7 Å². The number of methoxy groups -OCH3 is 1. The van der Waals surface area contributed by atoms with Crippen molar-refractivity contribution in [3.63, 3.8) is 0 Å². The van der Waals surface area contributed by atoms with E-state index in [2.05, 4.69) is 15.9 Å². The molecule has 3 aromatic rings. The molecule has 0 spiro atoms. The van der Waals surface area contributed by atoms with E-state index in [-0.39, 0.29) is 17.9 Å². The molecule has 7 nitrogen and oxygen atoms in total. The predicted octanol–water partition coefficient (Wildman–Crippen LogP) is 5.54. The Bertz CT molecular complexity index is 1350. The standard InChI is InChI=1S/C29H29BrN2O5/c1-5-37-22-8-6-7-18(15-22)17-32-26(19-9-12-21(13-10-19)31(2)3)25(28(34)29(32)35)27(33)20-11-14-24(36-4)23(30)16-20/h6-16,26,33H,5,17H2,1-4H3/b27-25-. The highest BCUT2D eigenvalue weighted by atomic mass is 79.9. The fourth-order valence-corrected chi connectivity index (χ4v) is 4.95. The van der Waals surface area contributed by atoms with Crippen LogP contribution in [0.25, 0.3) is 5.76 Å². The summed E-state index contributed by atoms with van der Waals surface area (Å²) in [6.07, 6.45) is 0. The number of Topliss-reactive ketones (excluding diaryl/α,β-unsaturated/α-hetero) is 1. The third-order valence-electron chi connectivity index (χ3n) is 6.25. The van der Waals surface area contributed by atoms with Crippen molar-refractivity contribution in [2.45, 2.75) is 19.5 Å². The maximum absolute atomic E-state index is 13.4. The molecule has 1 saturated heterocycles. The first-order valence-electron chi connectivity index (χ1n) is 11.9. The summed E-state index contributed by atoms with van der Waals surface area (Å²) in [6.45, 7) is 2.60. The van der Waals surface area contributed by atoms with Crippen LogP contribution in [-0.2, 0) is 16.1 Å². The van der Waals surface area contributed by atoms with Gasteiger partial charge in [0.15, 0.2) is 0 Å². The van der Waals surface area contributed by atoms with Crippen molar-refractivity contribution in [1.82, 2.24) is 4.90 Å². The highest BCUT2D eigenvalue weighted by Gasteiger charge is 2.46. The lowest BCUT2D eigenvalue weighted by atomic mass is 9.95. The number of anilines is 1. The Morgan fingerprint density at radius 1 is 1.05 bits per heavy atom. The van der Waals surface area contributed by atoms with Gasteiger partial charge in [0, 0.05) is 31.9 Å². The van der Waals surface area contributed by atoms with Crippen molar-refractivity contribution in [3.05, 3.63) is 93.5 Å². The van der Waals surface area contributed by atoms with E-state index in [0.29, 0.717) is 28.1 Å². The molecule has 1 fully saturated rings. The van der Waals surface area contributed by atoms with Crippen LogP contribution in [0.4, 0.5) is 5.69 Å². The average molecular weight is 565 g/mol. The minimum absolute atomic E-state index is 0.0423. The van der Waals surface area contributed by atoms with Gasteiger partial charge in [-0.1, -0.05) is 24.3 Å². The topological polar surface area (TPSA) is 79.3 Å². The van der Waals surface area contributed by atoms with E-state index in [0.717, 1.165) is 16.8 Å². The molecule has 0 aromatic heterocycles. The zero-order valence-electron chi connectivity index (χ0n) is 21.2. The number of nitrogens with zero attached hydrogens (tertiary/aromatic N) is 2. The van der Waals surface area contributed by atoms with Crippen molar-refractivity contribution < 1.29 is 24.2 Å². The number of likely N-dealkylation sites (tertiary alicyclic amines) is 1. The highest BCUT2D eigenvalue weighted by molar-refractivity contribution is 9.10. The first kappa shape index (κ1) is 26.3. The molecule has 0 bridgehead atoms. The molecule has 192 valence electrons. The fraction of sp³-hybridized carbons (Fsp3) is 0.241. The first-order chi connectivity index (χ1) is 17.7. The van der Waals surface area contributed by atoms with Crippen LogP contribution in [0.5, 0.6) is 11.5 Å². The Morgan fingerprint density at radius 2 is 1.78 bits per heavy atom. The van der Waals surface area contributed by atoms with E-state index >= 15 is 0 Å². The average Bonchev–Trinajstić information content (AvgIpc) is 3.13. The molecule has 1 amide bonds. The largest absolute Gasteiger partial charge is 0.507 e. The number of aliphatic hydroxyl groups is 1. The van der Waals surface area contributed by atoms with Crippen molar-refractivity contribution in [2.75, 3.05) is 32.7 Å². The molecule has 8 heteroatoms. The molecule has 0 aliphatic carbocycles. The van der Waals surface area contributed by atoms with Gasteiger partial charge in [0.25, 0.3) is 11.7 Å². The van der Waals surface area contributed by atoms with Crippen molar-refractivity contribution >= 4 is 39.1 Å². The van der Waals surface area contributed by atoms with Crippen LogP contribution in [0, 0.1) is 0 Å². The van der Waals surface area contributed by atoms with Gasteiger partial charge in [0.2, 0.25) is 0 Å². The van der Waals surface area contributed by atoms with Gasteiger partial charge < -0.3 is 24.4 Å². The third-order valence-corrected chi connectivity index (χ3v) is 6.87. The Morgan fingerprint density at radius 3 is 2.41 bits per heavy atom. The van der Waals surface area contributed by atoms with Crippen molar-refractivity contribution in [2.24, 2.45) is 0 Å². The number of amides is 1. The number of hydrogen-bond donors (Lipinski definition) is 1. The van der Waals surface area contributed by atoms with Crippen LogP contribution in [0.1, 0.15) is 29.7 Å². The maximum atomic E-state index is 13.4. The summed E-state index contributed by atoms with van der Waals surface area (Å²) in [7, 11) is 5.42. The van der Waals surface area contributed by atoms with Crippen LogP contribution < -0.4 is 14.4 Å². The molecule has 3 aromatic carbocycles. The summed E-state index contributed by atoms with van der Waals surface area (Å²) < 4.78 is 11.5. The zero-order valence-corrected chi connectivity index (χ0v) is 22.8. The Balaban J connectivity index is 1.83. The number of halogens is 1. The number of benzene rings is 3. The van der Waals surface area contributed by atoms with Gasteiger partial charge in [-0.3, -0.25) is 9.59 Å². The molecule has 1 aliphatic rings. The Kier molecular flexibility index (Phi) is 7.88. The lowest BCUT2D eigenvalue weighted by molar-refractivity contribution is -0.140. The van der Waals surface area contributed by atoms with Gasteiger partial charge in [-0.25, -0.2) is 0 Å². The van der Waals surface area contributed by atoms with Gasteiger partial charge in [-0.2, -0.15) is 0 Å². The minimum atomic E-state index is -0.771. The smallest absolute Gasteiger partial charge is 0.295 e. The molecular weight excluding hydrogens is 536 g/mol. The molecular formula is C29H29BrN2O5. The molecule has 1 aliphatic heterocycles. The number of carbonyl (C=O) groups is 2. The van der Waals surface area contributed by atoms with Gasteiger partial charge in [0.1, 0.15) is 17.3 Å². The third kappa shape index (κ3) is 5.34. The predicted molar refractivity (Wildman–Crippen MR) is 147 cm³/mol. The molecule has 1 N–H and O–H groups in total. The summed E-state index contributed by atoms with van der Waals surface area (Å²) in [4.78, 5) is 30.2. The van der Waals surface area contributed by atoms with E-state index in [4.69, 9.17) is 9.47 Å². The lowest BCUT2D eigenvalue weighted by Gasteiger charge is -2.26. The number of hydrogen-bond acceptors (Lipinski definition) is 6. The fourth-order valence-electron chi connectivity index (χ4n) is 4.41. The first-order valence-corrected chi connectivity index (χ1v) is 12.7. The van der Waals surface area contributed by atoms with E-state index in [1.54, 1.807) is 25.3 Å². The number of ketones is 1. The van der Waals surface area contributed by atoms with Gasteiger partial charge in [-0.05, 0) is 76.4 Å². The highest BCUT2D eigenvalue weighted by Crippen LogP contribution is 2.41. The SMILES string of the molecule is CCOc1cccc(CN2C(=O)C(=O)/C(=C(\O)c3ccc(OC)c(Br)c3)C2c2ccc(N(C)C)cc2)c1. The molecule has 1 unspecified atom stereocenters. The number of rotatable bonds is 8. The zero-order chi connectivity index (χ0) is 26.7. The van der Waals surface area contributed by atoms with Gasteiger partial charge in [-0.15, -0.1) is 0 Å². The Labute approximate surface area is 225 Å². The quantitative estimate of drug-likeness (QED) is 0.220. The molecule has 0 radical (unpaired) electrons. The van der Waals surface area contributed by atoms with Crippen LogP contribution in [0.3, 0.4) is 0 Å². The van der Waals surface area contributed by atoms with Gasteiger partial charge in [0.05, 0.1) is 29.8 Å². The molecule has 4 rings (SSSR count). The summed E-state index contributed by atoms with van der Waals surface area (Å²) in [6, 6.07) is 19.3. The number of aliphatic hydroxyl groups excluding tert-OH is 1. The second-order valence-electron chi connectivity index (χ2n) is 8.84.